The molecular weight excluding hydrogens is 492 g/mol. The van der Waals surface area contributed by atoms with Gasteiger partial charge in [-0.1, -0.05) is 48.5 Å². The molecule has 6 heteroatoms. The number of hydrogen-bond donors (Lipinski definition) is 2. The van der Waals surface area contributed by atoms with Crippen LogP contribution in [-0.4, -0.2) is 61.1 Å². The maximum Gasteiger partial charge on any atom is 0.123 e. The van der Waals surface area contributed by atoms with E-state index in [-0.39, 0.29) is 24.4 Å². The zero-order valence-corrected chi connectivity index (χ0v) is 21.8. The highest BCUT2D eigenvalue weighted by Crippen LogP contribution is 2.44. The lowest BCUT2D eigenvalue weighted by molar-refractivity contribution is 0.395. The summed E-state index contributed by atoms with van der Waals surface area (Å²) in [7, 11) is 0. The Balaban J connectivity index is 1.32. The molecule has 0 aromatic heterocycles. The monoisotopic (exact) mass is 524 g/mol. The van der Waals surface area contributed by atoms with E-state index >= 15 is 0 Å². The standard InChI is InChI=1S/C33H32O6/c34-32-28(11-20-16-38-20)26(9-18-14-36-18)22-5-1-3-7-24(22)30(32)13-31-25-8-4-2-6-23(25)27(10-19-15-37-19)29(33(31)35)12-21-17-39-21/h1-8,18-21,34-35H,9-17H2. The van der Waals surface area contributed by atoms with Crippen LogP contribution < -0.4 is 0 Å². The molecule has 8 rings (SSSR count). The molecule has 0 radical (unpaired) electrons. The molecule has 4 atom stereocenters. The van der Waals surface area contributed by atoms with Crippen molar-refractivity contribution >= 4 is 21.5 Å². The van der Waals surface area contributed by atoms with Gasteiger partial charge in [-0.25, -0.2) is 0 Å². The van der Waals surface area contributed by atoms with Crippen molar-refractivity contribution in [2.45, 2.75) is 56.5 Å². The Morgan fingerprint density at radius 2 is 0.744 bits per heavy atom. The number of rotatable bonds is 10. The summed E-state index contributed by atoms with van der Waals surface area (Å²) >= 11 is 0. The summed E-state index contributed by atoms with van der Waals surface area (Å²) in [5.41, 5.74) is 5.94. The molecule has 4 aromatic carbocycles. The van der Waals surface area contributed by atoms with Gasteiger partial charge in [0.2, 0.25) is 0 Å². The molecule has 2 N–H and O–H groups in total. The van der Waals surface area contributed by atoms with Gasteiger partial charge < -0.3 is 29.2 Å². The van der Waals surface area contributed by atoms with Crippen LogP contribution in [0.2, 0.25) is 0 Å². The summed E-state index contributed by atoms with van der Waals surface area (Å²) in [5.74, 6) is 0.650. The molecular formula is C33H32O6. The molecule has 6 nitrogen and oxygen atoms in total. The number of phenols is 2. The third-order valence-corrected chi connectivity index (χ3v) is 8.72. The Bertz CT molecular complexity index is 1470. The fourth-order valence-corrected chi connectivity index (χ4v) is 6.34. The Morgan fingerprint density at radius 3 is 1.05 bits per heavy atom. The first kappa shape index (κ1) is 23.7. The van der Waals surface area contributed by atoms with Crippen LogP contribution in [0.25, 0.3) is 21.5 Å². The summed E-state index contributed by atoms with van der Waals surface area (Å²) in [6.07, 6.45) is 4.07. The maximum atomic E-state index is 11.9. The molecule has 4 saturated heterocycles. The summed E-state index contributed by atoms with van der Waals surface area (Å²) < 4.78 is 22.4. The van der Waals surface area contributed by atoms with E-state index in [2.05, 4.69) is 36.4 Å². The average Bonchev–Trinajstić information content (AvgIpc) is 3.74. The van der Waals surface area contributed by atoms with Crippen LogP contribution in [0.5, 0.6) is 11.5 Å². The van der Waals surface area contributed by atoms with Crippen LogP contribution in [0.1, 0.15) is 33.4 Å². The van der Waals surface area contributed by atoms with Crippen molar-refractivity contribution in [2.75, 3.05) is 26.4 Å². The number of phenolic OH excluding ortho intramolecular Hbond substituents is 2. The highest BCUT2D eigenvalue weighted by atomic mass is 16.6. The first-order chi connectivity index (χ1) is 19.1. The minimum Gasteiger partial charge on any atom is -0.507 e. The second-order valence-electron chi connectivity index (χ2n) is 11.5. The Morgan fingerprint density at radius 1 is 0.462 bits per heavy atom. The van der Waals surface area contributed by atoms with Crippen LogP contribution in [-0.2, 0) is 51.1 Å². The van der Waals surface area contributed by atoms with E-state index in [0.717, 1.165) is 94.2 Å². The van der Waals surface area contributed by atoms with Gasteiger partial charge in [0.15, 0.2) is 0 Å². The Labute approximate surface area is 227 Å². The number of aromatic hydroxyl groups is 2. The minimum absolute atomic E-state index is 0.145. The topological polar surface area (TPSA) is 90.6 Å². The largest absolute Gasteiger partial charge is 0.507 e. The van der Waals surface area contributed by atoms with Crippen molar-refractivity contribution in [3.63, 3.8) is 0 Å². The molecule has 200 valence electrons. The summed E-state index contributed by atoms with van der Waals surface area (Å²) in [4.78, 5) is 0. The molecule has 0 spiro atoms. The second-order valence-corrected chi connectivity index (χ2v) is 11.5. The van der Waals surface area contributed by atoms with Crippen LogP contribution in [0.15, 0.2) is 48.5 Å². The average molecular weight is 525 g/mol. The van der Waals surface area contributed by atoms with Gasteiger partial charge in [0.1, 0.15) is 11.5 Å². The quantitative estimate of drug-likeness (QED) is 0.291. The molecule has 0 amide bonds. The highest BCUT2D eigenvalue weighted by Gasteiger charge is 2.34. The van der Waals surface area contributed by atoms with E-state index < -0.39 is 0 Å². The van der Waals surface area contributed by atoms with Gasteiger partial charge >= 0.3 is 0 Å². The molecule has 4 heterocycles. The van der Waals surface area contributed by atoms with Crippen LogP contribution in [0.4, 0.5) is 0 Å². The van der Waals surface area contributed by atoms with E-state index in [4.69, 9.17) is 18.9 Å². The van der Waals surface area contributed by atoms with Gasteiger partial charge in [-0.3, -0.25) is 0 Å². The second kappa shape index (κ2) is 9.20. The smallest absolute Gasteiger partial charge is 0.123 e. The van der Waals surface area contributed by atoms with Gasteiger partial charge in [0, 0.05) is 54.4 Å². The van der Waals surface area contributed by atoms with Gasteiger partial charge in [-0.15, -0.1) is 0 Å². The normalized spacial score (nSPS) is 24.8. The van der Waals surface area contributed by atoms with Crippen LogP contribution in [0, 0.1) is 0 Å². The molecule has 4 aromatic rings. The Kier molecular flexibility index (Phi) is 5.59. The van der Waals surface area contributed by atoms with Crippen molar-refractivity contribution < 1.29 is 29.2 Å². The van der Waals surface area contributed by atoms with Crippen molar-refractivity contribution in [1.29, 1.82) is 0 Å². The number of ether oxygens (including phenoxy) is 4. The molecule has 39 heavy (non-hydrogen) atoms. The molecule has 4 aliphatic heterocycles. The van der Waals surface area contributed by atoms with E-state index in [1.807, 2.05) is 12.1 Å². The lowest BCUT2D eigenvalue weighted by Crippen LogP contribution is -2.09. The summed E-state index contributed by atoms with van der Waals surface area (Å²) in [6.45, 7) is 2.99. The zero-order chi connectivity index (χ0) is 26.1. The minimum atomic E-state index is 0.145. The summed E-state index contributed by atoms with van der Waals surface area (Å²) in [6, 6.07) is 16.7. The predicted octanol–water partition coefficient (Wildman–Crippen LogP) is 4.76. The van der Waals surface area contributed by atoms with Crippen molar-refractivity contribution in [1.82, 2.24) is 0 Å². The molecule has 0 saturated carbocycles. The summed E-state index contributed by atoms with van der Waals surface area (Å²) in [5, 5.41) is 28.1. The van der Waals surface area contributed by atoms with Crippen LogP contribution in [0.3, 0.4) is 0 Å². The third-order valence-electron chi connectivity index (χ3n) is 8.72. The highest BCUT2D eigenvalue weighted by molar-refractivity contribution is 5.96. The van der Waals surface area contributed by atoms with E-state index in [9.17, 15) is 10.2 Å². The van der Waals surface area contributed by atoms with E-state index in [0.29, 0.717) is 30.8 Å². The third kappa shape index (κ3) is 4.55. The number of epoxide rings is 4. The first-order valence-electron chi connectivity index (χ1n) is 14.1. The molecule has 0 bridgehead atoms. The molecule has 4 unspecified atom stereocenters. The van der Waals surface area contributed by atoms with Gasteiger partial charge in [-0.2, -0.15) is 0 Å². The SMILES string of the molecule is Oc1c(CC2CO2)c(CC2CO2)c2ccccc2c1Cc1c(O)c(CC2CO2)c(CC2CO2)c2ccccc12. The first-order valence-corrected chi connectivity index (χ1v) is 14.1. The van der Waals surface area contributed by atoms with Crippen LogP contribution >= 0.6 is 0 Å². The van der Waals surface area contributed by atoms with Gasteiger partial charge in [0.25, 0.3) is 0 Å². The predicted molar refractivity (Wildman–Crippen MR) is 148 cm³/mol. The van der Waals surface area contributed by atoms with Gasteiger partial charge in [0.05, 0.1) is 50.8 Å². The number of benzene rings is 4. The van der Waals surface area contributed by atoms with E-state index in [1.54, 1.807) is 0 Å². The van der Waals surface area contributed by atoms with Crippen molar-refractivity contribution in [3.8, 4) is 11.5 Å². The van der Waals surface area contributed by atoms with E-state index in [1.165, 1.54) is 0 Å². The fourth-order valence-electron chi connectivity index (χ4n) is 6.34. The maximum absolute atomic E-state index is 11.9. The number of hydrogen-bond acceptors (Lipinski definition) is 6. The van der Waals surface area contributed by atoms with Gasteiger partial charge in [-0.05, 0) is 32.7 Å². The molecule has 4 fully saturated rings. The Hall–Kier alpha value is -3.16. The van der Waals surface area contributed by atoms with Crippen molar-refractivity contribution in [3.05, 3.63) is 81.9 Å². The fraction of sp³-hybridized carbons (Fsp3) is 0.394. The number of fused-ring (bicyclic) bond motifs is 2. The molecule has 0 aliphatic carbocycles. The lowest BCUT2D eigenvalue weighted by Gasteiger charge is -2.22. The van der Waals surface area contributed by atoms with Crippen molar-refractivity contribution in [2.24, 2.45) is 0 Å². The zero-order valence-electron chi connectivity index (χ0n) is 21.8. The molecule has 4 aliphatic rings. The lowest BCUT2D eigenvalue weighted by atomic mass is 9.83.